The second-order valence-electron chi connectivity index (χ2n) is 14.1. The summed E-state index contributed by atoms with van der Waals surface area (Å²) in [5.41, 5.74) is 8.39. The standard InChI is InChI=1S/C22H26FNO4.C22H25FO5/c2*1-26-14-5-7-16(17(11-14)13-4-8-19(23)20(24)10-13)22(25)18-12-15(27-2)6-9-21(18)28-3/h4,6,8-10,12,14,16-17H,5,7,11,24H2,1-3H3;4,6,8-10,12,14,16-17,24H,5,7,11H2,1-3H3. The summed E-state index contributed by atoms with van der Waals surface area (Å²) in [6.07, 6.45) is 4.17. The number of aromatic hydroxyl groups is 1. The summed E-state index contributed by atoms with van der Waals surface area (Å²) < 4.78 is 59.6. The van der Waals surface area contributed by atoms with Gasteiger partial charge in [0.1, 0.15) is 28.8 Å². The largest absolute Gasteiger partial charge is 0.505 e. The van der Waals surface area contributed by atoms with E-state index >= 15 is 0 Å². The number of anilines is 1. The highest BCUT2D eigenvalue weighted by Crippen LogP contribution is 2.44. The number of benzene rings is 4. The average molecular weight is 776 g/mol. The first kappa shape index (κ1) is 42.0. The molecule has 56 heavy (non-hydrogen) atoms. The van der Waals surface area contributed by atoms with Crippen LogP contribution >= 0.6 is 0 Å². The van der Waals surface area contributed by atoms with E-state index in [1.165, 1.54) is 25.3 Å². The van der Waals surface area contributed by atoms with E-state index in [0.717, 1.165) is 24.0 Å². The van der Waals surface area contributed by atoms with Crippen LogP contribution in [0.1, 0.15) is 82.2 Å². The third-order valence-electron chi connectivity index (χ3n) is 11.1. The summed E-state index contributed by atoms with van der Waals surface area (Å²) in [5.74, 6) is -0.395. The van der Waals surface area contributed by atoms with Crippen molar-refractivity contribution in [2.24, 2.45) is 11.8 Å². The number of ether oxygens (including phenoxy) is 6. The molecule has 0 spiro atoms. The van der Waals surface area contributed by atoms with Gasteiger partial charge in [-0.3, -0.25) is 9.59 Å². The lowest BCUT2D eigenvalue weighted by atomic mass is 9.71. The molecule has 0 bridgehead atoms. The summed E-state index contributed by atoms with van der Waals surface area (Å²) in [7, 11) is 9.49. The summed E-state index contributed by atoms with van der Waals surface area (Å²) in [6, 6.07) is 19.3. The van der Waals surface area contributed by atoms with Crippen LogP contribution in [0.2, 0.25) is 0 Å². The molecule has 6 rings (SSSR count). The zero-order valence-electron chi connectivity index (χ0n) is 32.7. The molecule has 0 heterocycles. The quantitative estimate of drug-likeness (QED) is 0.106. The molecule has 2 saturated carbocycles. The molecule has 0 radical (unpaired) electrons. The number of ketones is 2. The van der Waals surface area contributed by atoms with Crippen molar-refractivity contribution in [3.63, 3.8) is 0 Å². The zero-order valence-corrected chi connectivity index (χ0v) is 32.7. The molecular weight excluding hydrogens is 724 g/mol. The molecule has 2 aliphatic carbocycles. The molecule has 6 unspecified atom stereocenters. The van der Waals surface area contributed by atoms with E-state index in [9.17, 15) is 23.5 Å². The molecule has 2 fully saturated rings. The summed E-state index contributed by atoms with van der Waals surface area (Å²) in [6.45, 7) is 0. The van der Waals surface area contributed by atoms with E-state index in [2.05, 4.69) is 0 Å². The van der Waals surface area contributed by atoms with Crippen LogP contribution in [0.5, 0.6) is 28.7 Å². The van der Waals surface area contributed by atoms with Gasteiger partial charge < -0.3 is 39.3 Å². The molecule has 6 atom stereocenters. The van der Waals surface area contributed by atoms with E-state index in [1.807, 2.05) is 0 Å². The molecule has 4 aromatic carbocycles. The van der Waals surface area contributed by atoms with Crippen molar-refractivity contribution < 1.29 is 51.9 Å². The average Bonchev–Trinajstić information content (AvgIpc) is 3.24. The van der Waals surface area contributed by atoms with Gasteiger partial charge >= 0.3 is 0 Å². The Morgan fingerprint density at radius 3 is 1.43 bits per heavy atom. The predicted octanol–water partition coefficient (Wildman–Crippen LogP) is 8.54. The maximum absolute atomic E-state index is 13.7. The van der Waals surface area contributed by atoms with Crippen LogP contribution in [-0.4, -0.2) is 71.5 Å². The van der Waals surface area contributed by atoms with Crippen molar-refractivity contribution in [3.05, 3.63) is 107 Å². The van der Waals surface area contributed by atoms with Gasteiger partial charge in [-0.2, -0.15) is 0 Å². The fraction of sp³-hybridized carbons (Fsp3) is 0.409. The van der Waals surface area contributed by atoms with Gasteiger partial charge in [-0.1, -0.05) is 12.1 Å². The maximum Gasteiger partial charge on any atom is 0.170 e. The predicted molar refractivity (Wildman–Crippen MR) is 208 cm³/mol. The number of carbonyl (C=O) groups excluding carboxylic acids is 2. The van der Waals surface area contributed by atoms with Crippen LogP contribution in [0.15, 0.2) is 72.8 Å². The smallest absolute Gasteiger partial charge is 0.170 e. The first-order chi connectivity index (χ1) is 27.0. The minimum absolute atomic E-state index is 0.00782. The highest BCUT2D eigenvalue weighted by atomic mass is 19.1. The Balaban J connectivity index is 0.000000214. The van der Waals surface area contributed by atoms with Gasteiger partial charge in [0.15, 0.2) is 23.1 Å². The second-order valence-corrected chi connectivity index (χ2v) is 14.1. The van der Waals surface area contributed by atoms with Crippen LogP contribution in [0, 0.1) is 23.5 Å². The number of nitrogen functional groups attached to an aromatic ring is 1. The number of carbonyl (C=O) groups is 2. The Bertz CT molecular complexity index is 1850. The number of hydrogen-bond donors (Lipinski definition) is 2. The molecule has 0 amide bonds. The molecule has 10 nitrogen and oxygen atoms in total. The minimum atomic E-state index is -0.680. The first-order valence-corrected chi connectivity index (χ1v) is 18.6. The molecule has 2 aliphatic rings. The molecular formula is C44H51F2NO9. The summed E-state index contributed by atoms with van der Waals surface area (Å²) in [5, 5.41) is 9.82. The Labute approximate surface area is 326 Å². The third-order valence-corrected chi connectivity index (χ3v) is 11.1. The van der Waals surface area contributed by atoms with Crippen molar-refractivity contribution in [3.8, 4) is 28.7 Å². The van der Waals surface area contributed by atoms with Gasteiger partial charge in [0.25, 0.3) is 0 Å². The number of halogens is 2. The number of methoxy groups -OCH3 is 6. The highest BCUT2D eigenvalue weighted by molar-refractivity contribution is 6.02. The maximum atomic E-state index is 13.7. The molecule has 3 N–H and O–H groups in total. The lowest BCUT2D eigenvalue weighted by Crippen LogP contribution is -2.32. The number of hydrogen-bond acceptors (Lipinski definition) is 10. The zero-order chi connectivity index (χ0) is 40.5. The first-order valence-electron chi connectivity index (χ1n) is 18.6. The van der Waals surface area contributed by atoms with Gasteiger partial charge in [-0.15, -0.1) is 0 Å². The van der Waals surface area contributed by atoms with Crippen LogP contribution in [0.3, 0.4) is 0 Å². The van der Waals surface area contributed by atoms with Crippen LogP contribution in [0.25, 0.3) is 0 Å². The van der Waals surface area contributed by atoms with Crippen molar-refractivity contribution in [2.75, 3.05) is 48.4 Å². The van der Waals surface area contributed by atoms with Crippen molar-refractivity contribution >= 4 is 17.3 Å². The van der Waals surface area contributed by atoms with E-state index in [-0.39, 0.29) is 53.1 Å². The topological polar surface area (TPSA) is 136 Å². The Hall–Kier alpha value is -5.20. The molecule has 12 heteroatoms. The SMILES string of the molecule is COc1ccc(OC)c(C(=O)C2CCC(OC)CC2c2ccc(F)c(N)c2)c1.COc1ccc(OC)c(C(=O)C2CCC(OC)CC2c2ccc(F)c(O)c2)c1. The number of rotatable bonds is 12. The molecule has 0 saturated heterocycles. The van der Waals surface area contributed by atoms with Gasteiger partial charge in [-0.25, -0.2) is 8.78 Å². The fourth-order valence-electron chi connectivity index (χ4n) is 8.02. The number of phenolic OH excluding ortho intramolecular Hbond substituents is 1. The van der Waals surface area contributed by atoms with E-state index in [0.29, 0.717) is 59.8 Å². The monoisotopic (exact) mass is 775 g/mol. The molecule has 0 aromatic heterocycles. The van der Waals surface area contributed by atoms with Gasteiger partial charge in [-0.05, 0) is 122 Å². The van der Waals surface area contributed by atoms with Crippen molar-refractivity contribution in [2.45, 2.75) is 62.6 Å². The lowest BCUT2D eigenvalue weighted by molar-refractivity contribution is 0.0425. The Kier molecular flexibility index (Phi) is 14.3. The van der Waals surface area contributed by atoms with Gasteiger partial charge in [0.2, 0.25) is 0 Å². The summed E-state index contributed by atoms with van der Waals surface area (Å²) in [4.78, 5) is 27.0. The third kappa shape index (κ3) is 9.42. The van der Waals surface area contributed by atoms with E-state index in [1.54, 1.807) is 90.1 Å². The minimum Gasteiger partial charge on any atom is -0.505 e. The second kappa shape index (κ2) is 19.1. The van der Waals surface area contributed by atoms with Crippen LogP contribution < -0.4 is 24.7 Å². The van der Waals surface area contributed by atoms with Crippen molar-refractivity contribution in [1.82, 2.24) is 0 Å². The Morgan fingerprint density at radius 1 is 0.589 bits per heavy atom. The molecule has 300 valence electrons. The fourth-order valence-corrected chi connectivity index (χ4v) is 8.02. The highest BCUT2D eigenvalue weighted by Gasteiger charge is 2.39. The normalized spacial score (nSPS) is 21.9. The van der Waals surface area contributed by atoms with Gasteiger partial charge in [0.05, 0.1) is 57.5 Å². The number of phenols is 1. The molecule has 0 aliphatic heterocycles. The van der Waals surface area contributed by atoms with Crippen molar-refractivity contribution in [1.29, 1.82) is 0 Å². The molecule has 4 aromatic rings. The number of nitrogens with two attached hydrogens (primary N) is 1. The Morgan fingerprint density at radius 2 is 1.04 bits per heavy atom. The lowest BCUT2D eigenvalue weighted by Gasteiger charge is -2.35. The van der Waals surface area contributed by atoms with Crippen LogP contribution in [-0.2, 0) is 9.47 Å². The van der Waals surface area contributed by atoms with E-state index in [4.69, 9.17) is 34.2 Å². The van der Waals surface area contributed by atoms with Crippen LogP contribution in [0.4, 0.5) is 14.5 Å². The number of Topliss-reactive ketones (excluding diaryl/α,β-unsaturated/α-hetero) is 2. The summed E-state index contributed by atoms with van der Waals surface area (Å²) >= 11 is 0. The van der Waals surface area contributed by atoms with Gasteiger partial charge in [0, 0.05) is 26.1 Å². The van der Waals surface area contributed by atoms with E-state index < -0.39 is 17.4 Å².